The summed E-state index contributed by atoms with van der Waals surface area (Å²) in [5.41, 5.74) is 2.09. The number of ether oxygens (including phenoxy) is 1. The third-order valence-electron chi connectivity index (χ3n) is 4.55. The second-order valence-electron chi connectivity index (χ2n) is 6.52. The van der Waals surface area contributed by atoms with Crippen LogP contribution in [0, 0.1) is 0 Å². The summed E-state index contributed by atoms with van der Waals surface area (Å²) in [5.74, 6) is 0.820. The molecular formula is C16H21BN2O3. The smallest absolute Gasteiger partial charge is 0.497 e. The number of aromatic amines is 1. The summed E-state index contributed by atoms with van der Waals surface area (Å²) in [6.07, 6.45) is 1.77. The predicted octanol–water partition coefficient (Wildman–Crippen LogP) is 2.38. The summed E-state index contributed by atoms with van der Waals surface area (Å²) in [6, 6.07) is 7.82. The molecule has 116 valence electrons. The maximum atomic E-state index is 6.11. The van der Waals surface area contributed by atoms with Crippen molar-refractivity contribution in [3.05, 3.63) is 30.5 Å². The highest BCUT2D eigenvalue weighted by atomic mass is 16.7. The van der Waals surface area contributed by atoms with E-state index in [0.29, 0.717) is 0 Å². The molecule has 1 aromatic heterocycles. The van der Waals surface area contributed by atoms with Crippen LogP contribution in [0.25, 0.3) is 11.3 Å². The molecule has 6 heteroatoms. The second kappa shape index (κ2) is 5.14. The zero-order chi connectivity index (χ0) is 16.0. The number of methoxy groups -OCH3 is 1. The van der Waals surface area contributed by atoms with Gasteiger partial charge in [0.05, 0.1) is 24.0 Å². The fourth-order valence-electron chi connectivity index (χ4n) is 2.43. The molecule has 5 nitrogen and oxygen atoms in total. The van der Waals surface area contributed by atoms with Gasteiger partial charge < -0.3 is 14.0 Å². The molecule has 0 radical (unpaired) electrons. The zero-order valence-corrected chi connectivity index (χ0v) is 13.6. The van der Waals surface area contributed by atoms with Crippen LogP contribution >= 0.6 is 0 Å². The van der Waals surface area contributed by atoms with Crippen LogP contribution in [0.5, 0.6) is 5.75 Å². The molecule has 0 atom stereocenters. The summed E-state index contributed by atoms with van der Waals surface area (Å²) in [6.45, 7) is 8.17. The molecule has 2 aromatic rings. The van der Waals surface area contributed by atoms with E-state index in [2.05, 4.69) is 10.2 Å². The minimum atomic E-state index is -0.430. The highest BCUT2D eigenvalue weighted by Gasteiger charge is 2.52. The van der Waals surface area contributed by atoms with Crippen molar-refractivity contribution in [1.29, 1.82) is 0 Å². The van der Waals surface area contributed by atoms with Gasteiger partial charge in [0.1, 0.15) is 5.75 Å². The van der Waals surface area contributed by atoms with Gasteiger partial charge in [0.2, 0.25) is 0 Å². The Labute approximate surface area is 131 Å². The van der Waals surface area contributed by atoms with E-state index in [0.717, 1.165) is 22.5 Å². The summed E-state index contributed by atoms with van der Waals surface area (Å²) in [4.78, 5) is 0. The number of H-pyrrole nitrogens is 1. The van der Waals surface area contributed by atoms with Crippen LogP contribution in [0.4, 0.5) is 0 Å². The molecule has 2 heterocycles. The quantitative estimate of drug-likeness (QED) is 0.884. The van der Waals surface area contributed by atoms with Crippen molar-refractivity contribution in [3.63, 3.8) is 0 Å². The fraction of sp³-hybridized carbons (Fsp3) is 0.438. The normalized spacial score (nSPS) is 19.4. The van der Waals surface area contributed by atoms with Gasteiger partial charge in [-0.15, -0.1) is 0 Å². The van der Waals surface area contributed by atoms with Crippen LogP contribution in [0.1, 0.15) is 27.7 Å². The average Bonchev–Trinajstić information content (AvgIpc) is 3.02. The molecule has 0 aliphatic carbocycles. The average molecular weight is 300 g/mol. The van der Waals surface area contributed by atoms with E-state index in [-0.39, 0.29) is 11.2 Å². The fourth-order valence-corrected chi connectivity index (χ4v) is 2.43. The number of hydrogen-bond donors (Lipinski definition) is 1. The summed E-state index contributed by atoms with van der Waals surface area (Å²) >= 11 is 0. The van der Waals surface area contributed by atoms with Gasteiger partial charge >= 0.3 is 7.12 Å². The van der Waals surface area contributed by atoms with Gasteiger partial charge in [0.15, 0.2) is 0 Å². The molecule has 1 aromatic carbocycles. The van der Waals surface area contributed by atoms with Crippen molar-refractivity contribution < 1.29 is 14.0 Å². The van der Waals surface area contributed by atoms with Crippen molar-refractivity contribution in [2.45, 2.75) is 38.9 Å². The minimum absolute atomic E-state index is 0.369. The molecule has 1 aliphatic rings. The van der Waals surface area contributed by atoms with Crippen molar-refractivity contribution >= 4 is 12.6 Å². The van der Waals surface area contributed by atoms with E-state index in [1.54, 1.807) is 13.3 Å². The van der Waals surface area contributed by atoms with Crippen molar-refractivity contribution in [2.24, 2.45) is 0 Å². The number of rotatable bonds is 3. The number of hydrogen-bond acceptors (Lipinski definition) is 4. The Morgan fingerprint density at radius 3 is 2.18 bits per heavy atom. The first-order valence-corrected chi connectivity index (χ1v) is 7.37. The lowest BCUT2D eigenvalue weighted by Crippen LogP contribution is -2.41. The van der Waals surface area contributed by atoms with Gasteiger partial charge in [-0.05, 0) is 57.5 Å². The predicted molar refractivity (Wildman–Crippen MR) is 86.3 cm³/mol. The van der Waals surface area contributed by atoms with Gasteiger partial charge in [0, 0.05) is 11.7 Å². The Morgan fingerprint density at radius 2 is 1.64 bits per heavy atom. The third-order valence-corrected chi connectivity index (χ3v) is 4.55. The van der Waals surface area contributed by atoms with E-state index in [4.69, 9.17) is 14.0 Å². The maximum Gasteiger partial charge on any atom is 0.498 e. The van der Waals surface area contributed by atoms with Gasteiger partial charge in [-0.2, -0.15) is 5.10 Å². The van der Waals surface area contributed by atoms with Gasteiger partial charge in [0.25, 0.3) is 0 Å². The lowest BCUT2D eigenvalue weighted by Gasteiger charge is -2.32. The number of aromatic nitrogens is 2. The van der Waals surface area contributed by atoms with Crippen molar-refractivity contribution in [3.8, 4) is 17.0 Å². The Hall–Kier alpha value is -1.79. The van der Waals surface area contributed by atoms with Crippen LogP contribution in [0.2, 0.25) is 0 Å². The first-order valence-electron chi connectivity index (χ1n) is 7.37. The van der Waals surface area contributed by atoms with Crippen molar-refractivity contribution in [1.82, 2.24) is 10.2 Å². The minimum Gasteiger partial charge on any atom is -0.497 e. The largest absolute Gasteiger partial charge is 0.498 e. The number of benzene rings is 1. The van der Waals surface area contributed by atoms with Gasteiger partial charge in [-0.1, -0.05) is 0 Å². The number of nitrogens with one attached hydrogen (secondary N) is 1. The highest BCUT2D eigenvalue weighted by Crippen LogP contribution is 2.37. The van der Waals surface area contributed by atoms with E-state index in [9.17, 15) is 0 Å². The topological polar surface area (TPSA) is 56.4 Å². The van der Waals surface area contributed by atoms with Gasteiger partial charge in [-0.3, -0.25) is 5.10 Å². The second-order valence-corrected chi connectivity index (χ2v) is 6.52. The van der Waals surface area contributed by atoms with Crippen LogP contribution in [-0.2, 0) is 9.31 Å². The molecule has 1 N–H and O–H groups in total. The van der Waals surface area contributed by atoms with Crippen LogP contribution in [0.15, 0.2) is 30.5 Å². The Morgan fingerprint density at radius 1 is 1.05 bits per heavy atom. The van der Waals surface area contributed by atoms with Crippen LogP contribution < -0.4 is 10.2 Å². The molecular weight excluding hydrogens is 279 g/mol. The molecule has 0 bridgehead atoms. The molecule has 0 spiro atoms. The lowest BCUT2D eigenvalue weighted by atomic mass is 9.78. The first kappa shape index (κ1) is 15.1. The van der Waals surface area contributed by atoms with Gasteiger partial charge in [-0.25, -0.2) is 0 Å². The summed E-state index contributed by atoms with van der Waals surface area (Å²) < 4.78 is 17.4. The summed E-state index contributed by atoms with van der Waals surface area (Å²) in [7, 11) is 1.22. The molecule has 22 heavy (non-hydrogen) atoms. The SMILES string of the molecule is COc1ccc(-c2[nH]ncc2B2OC(C)(C)C(C)(C)O2)cc1. The van der Waals surface area contributed by atoms with E-state index in [1.165, 1.54) is 0 Å². The molecule has 0 unspecified atom stereocenters. The van der Waals surface area contributed by atoms with E-state index in [1.807, 2.05) is 52.0 Å². The highest BCUT2D eigenvalue weighted by molar-refractivity contribution is 6.63. The maximum absolute atomic E-state index is 6.11. The molecule has 3 rings (SSSR count). The summed E-state index contributed by atoms with van der Waals surface area (Å²) in [5, 5.41) is 7.21. The standard InChI is InChI=1S/C16H21BN2O3/c1-15(2)16(3,4)22-17(21-15)13-10-18-19-14(13)11-6-8-12(20-5)9-7-11/h6-10H,1-5H3,(H,18,19). The zero-order valence-electron chi connectivity index (χ0n) is 13.6. The molecule has 0 amide bonds. The first-order chi connectivity index (χ1) is 10.3. The Bertz CT molecular complexity index is 648. The Kier molecular flexibility index (Phi) is 3.53. The third kappa shape index (κ3) is 2.42. The van der Waals surface area contributed by atoms with E-state index >= 15 is 0 Å². The Balaban J connectivity index is 1.93. The van der Waals surface area contributed by atoms with E-state index < -0.39 is 7.12 Å². The molecule has 0 saturated carbocycles. The van der Waals surface area contributed by atoms with Crippen LogP contribution in [0.3, 0.4) is 0 Å². The lowest BCUT2D eigenvalue weighted by molar-refractivity contribution is 0.00578. The monoisotopic (exact) mass is 300 g/mol. The number of nitrogens with zero attached hydrogens (tertiary/aromatic N) is 1. The molecule has 1 aliphatic heterocycles. The van der Waals surface area contributed by atoms with Crippen molar-refractivity contribution in [2.75, 3.05) is 7.11 Å². The van der Waals surface area contributed by atoms with Crippen LogP contribution in [-0.4, -0.2) is 35.6 Å². The molecule has 1 saturated heterocycles. The molecule has 1 fully saturated rings.